The molecular weight excluding hydrogens is 280 g/mol. The molecule has 0 aliphatic rings. The number of carbonyl (C=O) groups excluding carboxylic acids is 1. The molecule has 0 spiro atoms. The summed E-state index contributed by atoms with van der Waals surface area (Å²) in [6.45, 7) is 2.49. The molecule has 1 aromatic carbocycles. The van der Waals surface area contributed by atoms with Gasteiger partial charge in [0.05, 0.1) is 17.8 Å². The molecule has 2 aromatic rings. The molecule has 7 heteroatoms. The first-order valence-corrected chi connectivity index (χ1v) is 6.43. The fourth-order valence-electron chi connectivity index (χ4n) is 1.83. The van der Waals surface area contributed by atoms with Gasteiger partial charge in [-0.25, -0.2) is 9.48 Å². The number of benzene rings is 1. The number of ether oxygens (including phenoxy) is 1. The number of aromatic nitrogens is 2. The van der Waals surface area contributed by atoms with Crippen LogP contribution >= 0.6 is 11.6 Å². The molecule has 2 rings (SSSR count). The first kappa shape index (κ1) is 14.2. The summed E-state index contributed by atoms with van der Waals surface area (Å²) < 4.78 is 6.16. The van der Waals surface area contributed by atoms with Gasteiger partial charge in [0.2, 0.25) is 0 Å². The van der Waals surface area contributed by atoms with Crippen molar-refractivity contribution in [3.63, 3.8) is 0 Å². The molecule has 0 unspecified atom stereocenters. The number of nitrogens with zero attached hydrogens (tertiary/aromatic N) is 2. The monoisotopic (exact) mass is 294 g/mol. The number of anilines is 2. The lowest BCUT2D eigenvalue weighted by Crippen LogP contribution is -2.09. The van der Waals surface area contributed by atoms with E-state index in [4.69, 9.17) is 22.1 Å². The first-order chi connectivity index (χ1) is 9.60. The predicted molar refractivity (Wildman–Crippen MR) is 78.5 cm³/mol. The van der Waals surface area contributed by atoms with Crippen molar-refractivity contribution in [3.8, 4) is 5.69 Å². The summed E-state index contributed by atoms with van der Waals surface area (Å²) >= 11 is 6.13. The summed E-state index contributed by atoms with van der Waals surface area (Å²) in [6, 6.07) is 7.11. The molecule has 1 aromatic heterocycles. The van der Waals surface area contributed by atoms with Gasteiger partial charge in [0.1, 0.15) is 11.4 Å². The smallest absolute Gasteiger partial charge is 0.345 e. The Hall–Kier alpha value is -2.21. The van der Waals surface area contributed by atoms with Crippen molar-refractivity contribution in [1.82, 2.24) is 9.78 Å². The van der Waals surface area contributed by atoms with Crippen LogP contribution in [0.25, 0.3) is 5.69 Å². The van der Waals surface area contributed by atoms with Crippen molar-refractivity contribution in [2.45, 2.75) is 6.92 Å². The van der Waals surface area contributed by atoms with Crippen LogP contribution in [0.1, 0.15) is 17.3 Å². The molecule has 0 radical (unpaired) electrons. The van der Waals surface area contributed by atoms with Crippen molar-refractivity contribution in [3.05, 3.63) is 34.9 Å². The SMILES string of the molecule is CCNc1nn(-c2ccccc2Cl)c(N)c1C(=O)OC. The number of esters is 1. The van der Waals surface area contributed by atoms with Crippen LogP contribution in [0.15, 0.2) is 24.3 Å². The second-order valence-electron chi connectivity index (χ2n) is 3.99. The third-order valence-electron chi connectivity index (χ3n) is 2.74. The van der Waals surface area contributed by atoms with Crippen LogP contribution in [0.3, 0.4) is 0 Å². The van der Waals surface area contributed by atoms with Gasteiger partial charge in [-0.3, -0.25) is 0 Å². The Labute approximate surface area is 121 Å². The first-order valence-electron chi connectivity index (χ1n) is 6.05. The minimum atomic E-state index is -0.545. The molecule has 0 atom stereocenters. The van der Waals surface area contributed by atoms with Crippen molar-refractivity contribution in [2.24, 2.45) is 0 Å². The predicted octanol–water partition coefficient (Wildman–Crippen LogP) is 2.33. The van der Waals surface area contributed by atoms with Crippen LogP contribution < -0.4 is 11.1 Å². The zero-order valence-electron chi connectivity index (χ0n) is 11.2. The molecule has 1 heterocycles. The van der Waals surface area contributed by atoms with Crippen LogP contribution in [0.5, 0.6) is 0 Å². The maximum Gasteiger partial charge on any atom is 0.345 e. The third-order valence-corrected chi connectivity index (χ3v) is 3.06. The lowest BCUT2D eigenvalue weighted by atomic mass is 10.3. The van der Waals surface area contributed by atoms with Crippen LogP contribution in [-0.2, 0) is 4.74 Å². The molecule has 0 aliphatic carbocycles. The summed E-state index contributed by atoms with van der Waals surface area (Å²) in [5, 5.41) is 7.77. The maximum absolute atomic E-state index is 11.8. The van der Waals surface area contributed by atoms with E-state index in [2.05, 4.69) is 10.4 Å². The minimum Gasteiger partial charge on any atom is -0.465 e. The van der Waals surface area contributed by atoms with Crippen LogP contribution in [0.2, 0.25) is 5.02 Å². The van der Waals surface area contributed by atoms with Gasteiger partial charge in [0.15, 0.2) is 5.82 Å². The molecule has 106 valence electrons. The number of para-hydroxylation sites is 1. The average Bonchev–Trinajstić information content (AvgIpc) is 2.76. The van der Waals surface area contributed by atoms with Crippen molar-refractivity contribution in [1.29, 1.82) is 0 Å². The average molecular weight is 295 g/mol. The van der Waals surface area contributed by atoms with Gasteiger partial charge in [0, 0.05) is 6.54 Å². The van der Waals surface area contributed by atoms with E-state index in [1.807, 2.05) is 13.0 Å². The fraction of sp³-hybridized carbons (Fsp3) is 0.231. The van der Waals surface area contributed by atoms with E-state index in [1.165, 1.54) is 11.8 Å². The highest BCUT2D eigenvalue weighted by Crippen LogP contribution is 2.28. The zero-order valence-corrected chi connectivity index (χ0v) is 11.9. The van der Waals surface area contributed by atoms with Crippen LogP contribution in [0.4, 0.5) is 11.6 Å². The third kappa shape index (κ3) is 2.42. The van der Waals surface area contributed by atoms with Gasteiger partial charge in [-0.2, -0.15) is 0 Å². The van der Waals surface area contributed by atoms with E-state index in [9.17, 15) is 4.79 Å². The van der Waals surface area contributed by atoms with E-state index in [0.29, 0.717) is 23.1 Å². The van der Waals surface area contributed by atoms with E-state index in [-0.39, 0.29) is 11.4 Å². The summed E-state index contributed by atoms with van der Waals surface area (Å²) in [5.74, 6) is 0.00873. The second-order valence-corrected chi connectivity index (χ2v) is 4.40. The molecular formula is C13H15ClN4O2. The van der Waals surface area contributed by atoms with Gasteiger partial charge >= 0.3 is 5.97 Å². The van der Waals surface area contributed by atoms with Gasteiger partial charge in [0.25, 0.3) is 0 Å². The Bertz CT molecular complexity index is 639. The molecule has 0 amide bonds. The summed E-state index contributed by atoms with van der Waals surface area (Å²) in [7, 11) is 1.30. The Morgan fingerprint density at radius 1 is 1.50 bits per heavy atom. The number of nitrogen functional groups attached to an aromatic ring is 1. The Morgan fingerprint density at radius 2 is 2.20 bits per heavy atom. The molecule has 6 nitrogen and oxygen atoms in total. The van der Waals surface area contributed by atoms with E-state index in [1.54, 1.807) is 18.2 Å². The maximum atomic E-state index is 11.8. The minimum absolute atomic E-state index is 0.181. The van der Waals surface area contributed by atoms with Gasteiger partial charge in [-0.15, -0.1) is 5.10 Å². The second kappa shape index (κ2) is 5.83. The van der Waals surface area contributed by atoms with Gasteiger partial charge in [-0.05, 0) is 19.1 Å². The number of hydrogen-bond donors (Lipinski definition) is 2. The molecule has 0 fully saturated rings. The van der Waals surface area contributed by atoms with Crippen molar-refractivity contribution >= 4 is 29.2 Å². The van der Waals surface area contributed by atoms with Gasteiger partial charge < -0.3 is 15.8 Å². The Balaban J connectivity index is 2.61. The van der Waals surface area contributed by atoms with Crippen LogP contribution in [0, 0.1) is 0 Å². The quantitative estimate of drug-likeness (QED) is 0.846. The number of methoxy groups -OCH3 is 1. The fourth-order valence-corrected chi connectivity index (χ4v) is 2.05. The zero-order chi connectivity index (χ0) is 14.7. The van der Waals surface area contributed by atoms with Crippen molar-refractivity contribution < 1.29 is 9.53 Å². The highest BCUT2D eigenvalue weighted by molar-refractivity contribution is 6.32. The number of rotatable bonds is 4. The molecule has 0 saturated carbocycles. The highest BCUT2D eigenvalue weighted by Gasteiger charge is 2.23. The number of nitrogens with one attached hydrogen (secondary N) is 1. The summed E-state index contributed by atoms with van der Waals surface area (Å²) in [4.78, 5) is 11.8. The Kier molecular flexibility index (Phi) is 4.14. The summed E-state index contributed by atoms with van der Waals surface area (Å²) in [5.41, 5.74) is 6.81. The standard InChI is InChI=1S/C13H15ClN4O2/c1-3-16-12-10(13(19)20-2)11(15)18(17-12)9-7-5-4-6-8(9)14/h4-7H,3,15H2,1-2H3,(H,16,17). The topological polar surface area (TPSA) is 82.2 Å². The van der Waals surface area contributed by atoms with Crippen molar-refractivity contribution in [2.75, 3.05) is 24.7 Å². The number of halogens is 1. The molecule has 3 N–H and O–H groups in total. The van der Waals surface area contributed by atoms with Crippen LogP contribution in [-0.4, -0.2) is 29.4 Å². The summed E-state index contributed by atoms with van der Waals surface area (Å²) in [6.07, 6.45) is 0. The Morgan fingerprint density at radius 3 is 2.80 bits per heavy atom. The highest BCUT2D eigenvalue weighted by atomic mass is 35.5. The lowest BCUT2D eigenvalue weighted by Gasteiger charge is -2.05. The molecule has 0 saturated heterocycles. The largest absolute Gasteiger partial charge is 0.465 e. The van der Waals surface area contributed by atoms with E-state index < -0.39 is 5.97 Å². The normalized spacial score (nSPS) is 10.3. The molecule has 20 heavy (non-hydrogen) atoms. The van der Waals surface area contributed by atoms with Gasteiger partial charge in [-0.1, -0.05) is 23.7 Å². The molecule has 0 aliphatic heterocycles. The number of nitrogens with two attached hydrogens (primary N) is 1. The number of hydrogen-bond acceptors (Lipinski definition) is 5. The van der Waals surface area contributed by atoms with E-state index >= 15 is 0 Å². The van der Waals surface area contributed by atoms with E-state index in [0.717, 1.165) is 0 Å². The molecule has 0 bridgehead atoms. The lowest BCUT2D eigenvalue weighted by molar-refractivity contribution is 0.0603. The number of carbonyl (C=O) groups is 1.